The lowest BCUT2D eigenvalue weighted by Crippen LogP contribution is -2.23. The molecule has 2 heterocycles. The van der Waals surface area contributed by atoms with Gasteiger partial charge in [-0.15, -0.1) is 0 Å². The average molecular weight is 427 g/mol. The third-order valence-electron chi connectivity index (χ3n) is 4.96. The van der Waals surface area contributed by atoms with Crippen molar-refractivity contribution in [2.75, 3.05) is 13.1 Å². The molecular weight excluding hydrogens is 400 g/mol. The van der Waals surface area contributed by atoms with E-state index >= 15 is 0 Å². The number of benzene rings is 1. The molecule has 0 unspecified atom stereocenters. The van der Waals surface area contributed by atoms with Crippen LogP contribution in [0.25, 0.3) is 0 Å². The van der Waals surface area contributed by atoms with Gasteiger partial charge in [0, 0.05) is 25.4 Å². The summed E-state index contributed by atoms with van der Waals surface area (Å²) in [6.45, 7) is 8.17. The highest BCUT2D eigenvalue weighted by atomic mass is 35.5. The molecule has 0 saturated heterocycles. The molecule has 2 aromatic heterocycles. The molecule has 7 heteroatoms. The van der Waals surface area contributed by atoms with Crippen LogP contribution in [0, 0.1) is 0 Å². The fourth-order valence-electron chi connectivity index (χ4n) is 3.06. The van der Waals surface area contributed by atoms with Gasteiger partial charge < -0.3 is 4.74 Å². The molecule has 1 aromatic carbocycles. The molecule has 0 amide bonds. The lowest BCUT2D eigenvalue weighted by molar-refractivity contribution is 0.296. The van der Waals surface area contributed by atoms with Crippen molar-refractivity contribution in [1.82, 2.24) is 19.7 Å². The topological polar surface area (TPSA) is 60.3 Å². The van der Waals surface area contributed by atoms with E-state index in [1.54, 1.807) is 24.5 Å². The Bertz CT molecular complexity index is 983. The van der Waals surface area contributed by atoms with Gasteiger partial charge in [-0.25, -0.2) is 4.68 Å². The Morgan fingerprint density at radius 2 is 1.77 bits per heavy atom. The van der Waals surface area contributed by atoms with E-state index in [0.717, 1.165) is 31.7 Å². The van der Waals surface area contributed by atoms with E-state index in [1.165, 1.54) is 21.9 Å². The lowest BCUT2D eigenvalue weighted by atomic mass is 10.1. The molecule has 30 heavy (non-hydrogen) atoms. The van der Waals surface area contributed by atoms with Gasteiger partial charge in [0.1, 0.15) is 12.4 Å². The summed E-state index contributed by atoms with van der Waals surface area (Å²) in [5.41, 5.74) is 3.03. The molecular formula is C23H27ClN4O2. The Balaban J connectivity index is 1.53. The van der Waals surface area contributed by atoms with Crippen molar-refractivity contribution >= 4 is 11.6 Å². The predicted octanol–water partition coefficient (Wildman–Crippen LogP) is 3.96. The van der Waals surface area contributed by atoms with Crippen molar-refractivity contribution in [2.24, 2.45) is 0 Å². The number of hydrogen-bond donors (Lipinski definition) is 0. The monoisotopic (exact) mass is 426 g/mol. The summed E-state index contributed by atoms with van der Waals surface area (Å²) in [5.74, 6) is 0.425. The van der Waals surface area contributed by atoms with Crippen molar-refractivity contribution in [3.63, 3.8) is 0 Å². The van der Waals surface area contributed by atoms with Crippen LogP contribution in [-0.4, -0.2) is 32.8 Å². The first-order valence-corrected chi connectivity index (χ1v) is 10.6. The Morgan fingerprint density at radius 3 is 2.40 bits per heavy atom. The SMILES string of the molecule is CCN(CC)Cc1ccc(CCn2ncc(OCc3ccc(Cl)cn3)cc2=O)cc1. The van der Waals surface area contributed by atoms with Gasteiger partial charge >= 0.3 is 0 Å². The minimum absolute atomic E-state index is 0.185. The Labute approximate surface area is 182 Å². The lowest BCUT2D eigenvalue weighted by Gasteiger charge is -2.18. The first-order valence-electron chi connectivity index (χ1n) is 10.2. The number of aromatic nitrogens is 3. The number of halogens is 1. The van der Waals surface area contributed by atoms with Gasteiger partial charge in [-0.05, 0) is 42.8 Å². The molecule has 0 spiro atoms. The van der Waals surface area contributed by atoms with Crippen LogP contribution in [0.5, 0.6) is 5.75 Å². The molecule has 0 N–H and O–H groups in total. The maximum absolute atomic E-state index is 12.3. The molecule has 0 bridgehead atoms. The molecule has 0 saturated carbocycles. The van der Waals surface area contributed by atoms with E-state index in [9.17, 15) is 4.79 Å². The van der Waals surface area contributed by atoms with Gasteiger partial charge in [-0.3, -0.25) is 14.7 Å². The second-order valence-electron chi connectivity index (χ2n) is 7.04. The van der Waals surface area contributed by atoms with Gasteiger partial charge in [0.05, 0.1) is 16.9 Å². The molecule has 0 radical (unpaired) electrons. The zero-order chi connectivity index (χ0) is 21.3. The Kier molecular flexibility index (Phi) is 7.99. The number of aryl methyl sites for hydroxylation is 2. The third kappa shape index (κ3) is 6.40. The standard InChI is InChI=1S/C23H27ClN4O2/c1-3-27(4-2)16-19-7-5-18(6-8-19)11-12-28-23(29)13-22(15-26-28)30-17-21-10-9-20(24)14-25-21/h5-10,13-15H,3-4,11-12,16-17H2,1-2H3. The van der Waals surface area contributed by atoms with E-state index in [0.29, 0.717) is 17.3 Å². The molecule has 0 fully saturated rings. The molecule has 0 aliphatic rings. The van der Waals surface area contributed by atoms with Crippen LogP contribution < -0.4 is 10.3 Å². The van der Waals surface area contributed by atoms with Crippen LogP contribution >= 0.6 is 11.6 Å². The van der Waals surface area contributed by atoms with Crippen LogP contribution in [0.1, 0.15) is 30.7 Å². The van der Waals surface area contributed by atoms with Gasteiger partial charge in [0.15, 0.2) is 0 Å². The van der Waals surface area contributed by atoms with Crippen LogP contribution in [0.2, 0.25) is 5.02 Å². The van der Waals surface area contributed by atoms with Crippen molar-refractivity contribution in [1.29, 1.82) is 0 Å². The number of hydrogen-bond acceptors (Lipinski definition) is 5. The van der Waals surface area contributed by atoms with Crippen LogP contribution in [0.4, 0.5) is 0 Å². The summed E-state index contributed by atoms with van der Waals surface area (Å²) in [4.78, 5) is 18.9. The van der Waals surface area contributed by atoms with E-state index in [1.807, 2.05) is 0 Å². The Morgan fingerprint density at radius 1 is 1.03 bits per heavy atom. The normalized spacial score (nSPS) is 11.1. The number of rotatable bonds is 10. The second-order valence-corrected chi connectivity index (χ2v) is 7.47. The minimum Gasteiger partial charge on any atom is -0.485 e. The second kappa shape index (κ2) is 10.9. The fourth-order valence-corrected chi connectivity index (χ4v) is 3.18. The highest BCUT2D eigenvalue weighted by molar-refractivity contribution is 6.30. The largest absolute Gasteiger partial charge is 0.485 e. The highest BCUT2D eigenvalue weighted by Gasteiger charge is 2.05. The number of nitrogens with zero attached hydrogens (tertiary/aromatic N) is 4. The summed E-state index contributed by atoms with van der Waals surface area (Å²) in [6.07, 6.45) is 3.87. The van der Waals surface area contributed by atoms with Crippen molar-refractivity contribution in [2.45, 2.75) is 40.0 Å². The van der Waals surface area contributed by atoms with Crippen molar-refractivity contribution in [3.05, 3.63) is 87.1 Å². The minimum atomic E-state index is -0.185. The van der Waals surface area contributed by atoms with E-state index in [2.05, 4.69) is 53.1 Å². The van der Waals surface area contributed by atoms with Gasteiger partial charge in [-0.2, -0.15) is 5.10 Å². The average Bonchev–Trinajstić information content (AvgIpc) is 2.77. The molecule has 3 rings (SSSR count). The zero-order valence-electron chi connectivity index (χ0n) is 17.4. The summed E-state index contributed by atoms with van der Waals surface area (Å²) < 4.78 is 7.06. The molecule has 6 nitrogen and oxygen atoms in total. The summed E-state index contributed by atoms with van der Waals surface area (Å²) in [5, 5.41) is 4.80. The van der Waals surface area contributed by atoms with Gasteiger partial charge in [0.2, 0.25) is 0 Å². The van der Waals surface area contributed by atoms with Crippen molar-refractivity contribution in [3.8, 4) is 5.75 Å². The maximum Gasteiger partial charge on any atom is 0.270 e. The van der Waals surface area contributed by atoms with Gasteiger partial charge in [-0.1, -0.05) is 49.7 Å². The zero-order valence-corrected chi connectivity index (χ0v) is 18.2. The summed E-state index contributed by atoms with van der Waals surface area (Å²) in [6, 6.07) is 13.6. The smallest absolute Gasteiger partial charge is 0.270 e. The molecule has 0 aliphatic heterocycles. The van der Waals surface area contributed by atoms with Gasteiger partial charge in [0.25, 0.3) is 5.56 Å². The summed E-state index contributed by atoms with van der Waals surface area (Å²) >= 11 is 5.82. The van der Waals surface area contributed by atoms with E-state index in [4.69, 9.17) is 16.3 Å². The van der Waals surface area contributed by atoms with Crippen molar-refractivity contribution < 1.29 is 4.74 Å². The predicted molar refractivity (Wildman–Crippen MR) is 119 cm³/mol. The summed E-state index contributed by atoms with van der Waals surface area (Å²) in [7, 11) is 0. The molecule has 3 aromatic rings. The van der Waals surface area contributed by atoms with Crippen LogP contribution in [0.15, 0.2) is 59.7 Å². The van der Waals surface area contributed by atoms with Crippen LogP contribution in [-0.2, 0) is 26.1 Å². The molecule has 0 atom stereocenters. The Hall–Kier alpha value is -2.70. The number of ether oxygens (including phenoxy) is 1. The maximum atomic E-state index is 12.3. The van der Waals surface area contributed by atoms with Crippen LogP contribution in [0.3, 0.4) is 0 Å². The molecule has 158 valence electrons. The first-order chi connectivity index (χ1) is 14.6. The van der Waals surface area contributed by atoms with E-state index < -0.39 is 0 Å². The highest BCUT2D eigenvalue weighted by Crippen LogP contribution is 2.11. The molecule has 0 aliphatic carbocycles. The number of pyridine rings is 1. The quantitative estimate of drug-likeness (QED) is 0.491. The third-order valence-corrected chi connectivity index (χ3v) is 5.18. The first kappa shape index (κ1) is 22.0. The fraction of sp³-hybridized carbons (Fsp3) is 0.348. The van der Waals surface area contributed by atoms with E-state index in [-0.39, 0.29) is 12.2 Å².